The molecular weight excluding hydrogens is 200 g/mol. The van der Waals surface area contributed by atoms with Crippen molar-refractivity contribution in [1.82, 2.24) is 9.78 Å². The van der Waals surface area contributed by atoms with Crippen molar-refractivity contribution in [3.8, 4) is 0 Å². The third kappa shape index (κ3) is 1.21. The summed E-state index contributed by atoms with van der Waals surface area (Å²) in [7, 11) is 1.86. The highest BCUT2D eigenvalue weighted by molar-refractivity contribution is 6.33. The molecule has 0 atom stereocenters. The van der Waals surface area contributed by atoms with E-state index in [1.807, 2.05) is 14.0 Å². The van der Waals surface area contributed by atoms with E-state index in [0.717, 1.165) is 22.9 Å². The normalized spacial score (nSPS) is 10.8. The molecule has 2 rings (SSSR count). The predicted octanol–water partition coefficient (Wildman–Crippen LogP) is 2.35. The zero-order chi connectivity index (χ0) is 10.3. The molecule has 0 N–H and O–H groups in total. The van der Waals surface area contributed by atoms with E-state index in [4.69, 9.17) is 11.6 Å². The fourth-order valence-corrected chi connectivity index (χ4v) is 1.66. The highest BCUT2D eigenvalue weighted by atomic mass is 35.5. The van der Waals surface area contributed by atoms with Gasteiger partial charge in [0.1, 0.15) is 0 Å². The summed E-state index contributed by atoms with van der Waals surface area (Å²) in [6.45, 7) is 1.96. The molecule has 1 heterocycles. The number of carbonyl (C=O) groups is 1. The molecule has 0 bridgehead atoms. The zero-order valence-electron chi connectivity index (χ0n) is 7.91. The van der Waals surface area contributed by atoms with Crippen molar-refractivity contribution in [1.29, 1.82) is 0 Å². The first kappa shape index (κ1) is 9.21. The van der Waals surface area contributed by atoms with Gasteiger partial charge in [0.05, 0.1) is 10.5 Å². The van der Waals surface area contributed by atoms with Crippen molar-refractivity contribution in [2.75, 3.05) is 0 Å². The Hall–Kier alpha value is -1.35. The van der Waals surface area contributed by atoms with E-state index in [2.05, 4.69) is 5.10 Å². The van der Waals surface area contributed by atoms with Gasteiger partial charge in [-0.2, -0.15) is 5.10 Å². The molecule has 0 saturated heterocycles. The molecule has 72 valence electrons. The number of halogens is 1. The number of hydrogen-bond acceptors (Lipinski definition) is 2. The third-order valence-electron chi connectivity index (χ3n) is 2.37. The Bertz CT molecular complexity index is 516. The van der Waals surface area contributed by atoms with Crippen molar-refractivity contribution in [3.05, 3.63) is 28.4 Å². The number of rotatable bonds is 1. The quantitative estimate of drug-likeness (QED) is 0.675. The minimum atomic E-state index is 0.476. The van der Waals surface area contributed by atoms with Crippen molar-refractivity contribution < 1.29 is 4.79 Å². The van der Waals surface area contributed by atoms with E-state index in [0.29, 0.717) is 10.6 Å². The molecular formula is C10H9ClN2O. The van der Waals surface area contributed by atoms with Gasteiger partial charge in [0, 0.05) is 23.7 Å². The SMILES string of the molecule is Cc1c2cc(Cl)c(C=O)cc2nn1C. The number of aryl methyl sites for hydroxylation is 2. The van der Waals surface area contributed by atoms with Crippen LogP contribution in [-0.2, 0) is 7.05 Å². The van der Waals surface area contributed by atoms with Crippen LogP contribution in [0.5, 0.6) is 0 Å². The van der Waals surface area contributed by atoms with E-state index in [-0.39, 0.29) is 0 Å². The second kappa shape index (κ2) is 3.10. The number of aldehydes is 1. The second-order valence-corrected chi connectivity index (χ2v) is 3.62. The number of carbonyl (C=O) groups excluding carboxylic acids is 1. The highest BCUT2D eigenvalue weighted by Crippen LogP contribution is 2.24. The summed E-state index contributed by atoms with van der Waals surface area (Å²) in [6, 6.07) is 3.49. The van der Waals surface area contributed by atoms with Gasteiger partial charge in [-0.25, -0.2) is 0 Å². The number of aromatic nitrogens is 2. The standard InChI is InChI=1S/C10H9ClN2O/c1-6-8-4-9(11)7(5-14)3-10(8)12-13(6)2/h3-5H,1-2H3. The lowest BCUT2D eigenvalue weighted by molar-refractivity contribution is 0.112. The van der Waals surface area contributed by atoms with Gasteiger partial charge in [0.25, 0.3) is 0 Å². The van der Waals surface area contributed by atoms with Gasteiger partial charge < -0.3 is 0 Å². The first-order valence-electron chi connectivity index (χ1n) is 4.21. The average Bonchev–Trinajstić information content (AvgIpc) is 2.43. The molecule has 0 aliphatic rings. The summed E-state index contributed by atoms with van der Waals surface area (Å²) in [4.78, 5) is 10.6. The number of nitrogens with zero attached hydrogens (tertiary/aromatic N) is 2. The Morgan fingerprint density at radius 2 is 2.21 bits per heavy atom. The summed E-state index contributed by atoms with van der Waals surface area (Å²) in [6.07, 6.45) is 0.742. The van der Waals surface area contributed by atoms with Crippen molar-refractivity contribution in [2.45, 2.75) is 6.92 Å². The van der Waals surface area contributed by atoms with Gasteiger partial charge in [0.15, 0.2) is 6.29 Å². The van der Waals surface area contributed by atoms with Crippen LogP contribution in [0, 0.1) is 6.92 Å². The Morgan fingerprint density at radius 1 is 1.50 bits per heavy atom. The van der Waals surface area contributed by atoms with Crippen LogP contribution in [0.4, 0.5) is 0 Å². The zero-order valence-corrected chi connectivity index (χ0v) is 8.67. The highest BCUT2D eigenvalue weighted by Gasteiger charge is 2.08. The van der Waals surface area contributed by atoms with Crippen LogP contribution in [0.15, 0.2) is 12.1 Å². The predicted molar refractivity (Wildman–Crippen MR) is 55.8 cm³/mol. The summed E-state index contributed by atoms with van der Waals surface area (Å²) in [5.41, 5.74) is 2.33. The Labute approximate surface area is 86.3 Å². The van der Waals surface area contributed by atoms with Crippen molar-refractivity contribution >= 4 is 28.8 Å². The van der Waals surface area contributed by atoms with Crippen LogP contribution >= 0.6 is 11.6 Å². The van der Waals surface area contributed by atoms with E-state index < -0.39 is 0 Å². The molecule has 2 aromatic rings. The number of fused-ring (bicyclic) bond motifs is 1. The molecule has 0 radical (unpaired) electrons. The molecule has 3 nitrogen and oxygen atoms in total. The van der Waals surface area contributed by atoms with Gasteiger partial charge >= 0.3 is 0 Å². The Balaban J connectivity index is 2.85. The first-order chi connectivity index (χ1) is 6.63. The molecule has 0 saturated carbocycles. The first-order valence-corrected chi connectivity index (χ1v) is 4.59. The van der Waals surface area contributed by atoms with Crippen LogP contribution in [0.1, 0.15) is 16.1 Å². The maximum Gasteiger partial charge on any atom is 0.151 e. The lowest BCUT2D eigenvalue weighted by Gasteiger charge is -1.95. The molecule has 0 unspecified atom stereocenters. The molecule has 14 heavy (non-hydrogen) atoms. The van der Waals surface area contributed by atoms with Gasteiger partial charge in [0.2, 0.25) is 0 Å². The topological polar surface area (TPSA) is 34.9 Å². The van der Waals surface area contributed by atoms with Crippen molar-refractivity contribution in [2.24, 2.45) is 7.05 Å². The number of hydrogen-bond donors (Lipinski definition) is 0. The third-order valence-corrected chi connectivity index (χ3v) is 2.70. The van der Waals surface area contributed by atoms with Gasteiger partial charge in [-0.05, 0) is 19.1 Å². The molecule has 0 amide bonds. The van der Waals surface area contributed by atoms with Crippen LogP contribution < -0.4 is 0 Å². The monoisotopic (exact) mass is 208 g/mol. The molecule has 0 aliphatic carbocycles. The maximum absolute atomic E-state index is 10.6. The second-order valence-electron chi connectivity index (χ2n) is 3.22. The largest absolute Gasteiger partial charge is 0.298 e. The summed E-state index contributed by atoms with van der Waals surface area (Å²) < 4.78 is 1.77. The van der Waals surface area contributed by atoms with Crippen LogP contribution in [-0.4, -0.2) is 16.1 Å². The average molecular weight is 209 g/mol. The van der Waals surface area contributed by atoms with Crippen LogP contribution in [0.3, 0.4) is 0 Å². The Kier molecular flexibility index (Phi) is 2.04. The van der Waals surface area contributed by atoms with E-state index in [9.17, 15) is 4.79 Å². The molecule has 0 aliphatic heterocycles. The molecule has 1 aromatic carbocycles. The van der Waals surface area contributed by atoms with Crippen LogP contribution in [0.25, 0.3) is 10.9 Å². The lowest BCUT2D eigenvalue weighted by atomic mass is 10.1. The lowest BCUT2D eigenvalue weighted by Crippen LogP contribution is -1.91. The molecule has 0 fully saturated rings. The molecule has 1 aromatic heterocycles. The van der Waals surface area contributed by atoms with E-state index in [1.54, 1.807) is 16.8 Å². The maximum atomic E-state index is 10.6. The van der Waals surface area contributed by atoms with Gasteiger partial charge in [-0.1, -0.05) is 11.6 Å². The minimum absolute atomic E-state index is 0.476. The molecule has 0 spiro atoms. The summed E-state index contributed by atoms with van der Waals surface area (Å²) in [5.74, 6) is 0. The van der Waals surface area contributed by atoms with Gasteiger partial charge in [-0.15, -0.1) is 0 Å². The van der Waals surface area contributed by atoms with Crippen molar-refractivity contribution in [3.63, 3.8) is 0 Å². The van der Waals surface area contributed by atoms with Gasteiger partial charge in [-0.3, -0.25) is 9.48 Å². The van der Waals surface area contributed by atoms with Crippen LogP contribution in [0.2, 0.25) is 5.02 Å². The Morgan fingerprint density at radius 3 is 2.86 bits per heavy atom. The van der Waals surface area contributed by atoms with E-state index >= 15 is 0 Å². The fraction of sp³-hybridized carbons (Fsp3) is 0.200. The summed E-state index contributed by atoms with van der Waals surface area (Å²) in [5, 5.41) is 5.73. The summed E-state index contributed by atoms with van der Waals surface area (Å²) >= 11 is 5.92. The minimum Gasteiger partial charge on any atom is -0.298 e. The van der Waals surface area contributed by atoms with E-state index in [1.165, 1.54) is 0 Å². The number of benzene rings is 1. The smallest absolute Gasteiger partial charge is 0.151 e. The molecule has 4 heteroatoms. The fourth-order valence-electron chi connectivity index (χ4n) is 1.45.